The Morgan fingerprint density at radius 3 is 2.69 bits per heavy atom. The highest BCUT2D eigenvalue weighted by Gasteiger charge is 2.33. The lowest BCUT2D eigenvalue weighted by Crippen LogP contribution is -2.31. The summed E-state index contributed by atoms with van der Waals surface area (Å²) in [4.78, 5) is 16.6. The molecule has 3 rings (SSSR count). The lowest BCUT2D eigenvalue weighted by Gasteiger charge is -2.17. The average Bonchev–Trinajstić information content (AvgIpc) is 3.03. The summed E-state index contributed by atoms with van der Waals surface area (Å²) in [6.07, 6.45) is -3.19. The molecule has 0 aliphatic rings. The van der Waals surface area contributed by atoms with Gasteiger partial charge >= 0.3 is 6.18 Å². The van der Waals surface area contributed by atoms with Gasteiger partial charge in [-0.15, -0.1) is 0 Å². The van der Waals surface area contributed by atoms with E-state index in [1.807, 2.05) is 6.07 Å². The van der Waals surface area contributed by atoms with E-state index in [0.29, 0.717) is 11.6 Å². The fourth-order valence-electron chi connectivity index (χ4n) is 2.71. The van der Waals surface area contributed by atoms with Gasteiger partial charge in [-0.05, 0) is 36.8 Å². The van der Waals surface area contributed by atoms with Crippen molar-refractivity contribution in [3.05, 3.63) is 65.7 Å². The second kappa shape index (κ2) is 6.78. The molecule has 0 aliphatic carbocycles. The predicted molar refractivity (Wildman–Crippen MR) is 87.7 cm³/mol. The zero-order chi connectivity index (χ0) is 18.9. The molecule has 1 atom stereocenters. The number of para-hydroxylation sites is 2. The molecule has 0 aliphatic heterocycles. The minimum Gasteiger partial charge on any atom is -0.350 e. The van der Waals surface area contributed by atoms with Gasteiger partial charge in [0.15, 0.2) is 0 Å². The maximum atomic E-state index is 13.1. The molecular formula is C18H15F4N3O. The van der Waals surface area contributed by atoms with E-state index in [4.69, 9.17) is 0 Å². The van der Waals surface area contributed by atoms with Gasteiger partial charge in [0, 0.05) is 6.54 Å². The molecule has 1 N–H and O–H groups in total. The SMILES string of the molecule is CC(C(=O)NCc1ccc(F)cc1C(F)(F)F)n1cnc2ccccc21. The summed E-state index contributed by atoms with van der Waals surface area (Å²) in [5.74, 6) is -1.45. The number of fused-ring (bicyclic) bond motifs is 1. The largest absolute Gasteiger partial charge is 0.416 e. The van der Waals surface area contributed by atoms with Crippen LogP contribution in [0.4, 0.5) is 17.6 Å². The Balaban J connectivity index is 1.77. The fourth-order valence-corrected chi connectivity index (χ4v) is 2.71. The first-order chi connectivity index (χ1) is 12.3. The van der Waals surface area contributed by atoms with E-state index in [0.717, 1.165) is 17.6 Å². The van der Waals surface area contributed by atoms with E-state index in [1.165, 1.54) is 6.33 Å². The molecule has 0 saturated carbocycles. The Labute approximate surface area is 146 Å². The van der Waals surface area contributed by atoms with Crippen LogP contribution >= 0.6 is 0 Å². The van der Waals surface area contributed by atoms with Crippen molar-refractivity contribution in [3.63, 3.8) is 0 Å². The van der Waals surface area contributed by atoms with Gasteiger partial charge in [0.1, 0.15) is 11.9 Å². The third-order valence-corrected chi connectivity index (χ3v) is 4.11. The first-order valence-electron chi connectivity index (χ1n) is 7.82. The van der Waals surface area contributed by atoms with Crippen molar-refractivity contribution in [2.75, 3.05) is 0 Å². The Hall–Kier alpha value is -2.90. The summed E-state index contributed by atoms with van der Waals surface area (Å²) in [5, 5.41) is 2.47. The van der Waals surface area contributed by atoms with Gasteiger partial charge in [-0.3, -0.25) is 4.79 Å². The number of carbonyl (C=O) groups excluding carboxylic acids is 1. The van der Waals surface area contributed by atoms with Crippen LogP contribution in [0.1, 0.15) is 24.1 Å². The van der Waals surface area contributed by atoms with E-state index in [-0.39, 0.29) is 12.1 Å². The van der Waals surface area contributed by atoms with E-state index in [1.54, 1.807) is 29.7 Å². The van der Waals surface area contributed by atoms with Gasteiger partial charge in [0.05, 0.1) is 22.9 Å². The second-order valence-corrected chi connectivity index (χ2v) is 5.83. The van der Waals surface area contributed by atoms with Crippen molar-refractivity contribution in [1.82, 2.24) is 14.9 Å². The topological polar surface area (TPSA) is 46.9 Å². The standard InChI is InChI=1S/C18H15F4N3O/c1-11(25-10-24-15-4-2-3-5-16(15)25)17(26)23-9-12-6-7-13(19)8-14(12)18(20,21)22/h2-8,10-11H,9H2,1H3,(H,23,26). The van der Waals surface area contributed by atoms with Gasteiger partial charge in [0.25, 0.3) is 0 Å². The van der Waals surface area contributed by atoms with Gasteiger partial charge < -0.3 is 9.88 Å². The van der Waals surface area contributed by atoms with Crippen LogP contribution in [0.3, 0.4) is 0 Å². The Bertz CT molecular complexity index is 949. The number of benzene rings is 2. The Kier molecular flexibility index (Phi) is 4.67. The molecule has 0 spiro atoms. The normalized spacial score (nSPS) is 13.0. The maximum Gasteiger partial charge on any atom is 0.416 e. The third kappa shape index (κ3) is 3.54. The van der Waals surface area contributed by atoms with E-state index in [2.05, 4.69) is 10.3 Å². The molecule has 0 bridgehead atoms. The van der Waals surface area contributed by atoms with Crippen molar-refractivity contribution in [2.45, 2.75) is 25.7 Å². The number of hydrogen-bond donors (Lipinski definition) is 1. The molecule has 1 aromatic heterocycles. The summed E-state index contributed by atoms with van der Waals surface area (Å²) in [6, 6.07) is 8.93. The quantitative estimate of drug-likeness (QED) is 0.709. The number of nitrogens with zero attached hydrogens (tertiary/aromatic N) is 2. The Morgan fingerprint density at radius 2 is 1.96 bits per heavy atom. The molecule has 4 nitrogen and oxygen atoms in total. The molecule has 2 aromatic carbocycles. The smallest absolute Gasteiger partial charge is 0.350 e. The zero-order valence-electron chi connectivity index (χ0n) is 13.7. The van der Waals surface area contributed by atoms with Crippen molar-refractivity contribution in [1.29, 1.82) is 0 Å². The molecule has 26 heavy (non-hydrogen) atoms. The highest BCUT2D eigenvalue weighted by atomic mass is 19.4. The van der Waals surface area contributed by atoms with E-state index < -0.39 is 29.5 Å². The van der Waals surface area contributed by atoms with E-state index >= 15 is 0 Å². The van der Waals surface area contributed by atoms with Crippen LogP contribution < -0.4 is 5.32 Å². The van der Waals surface area contributed by atoms with Gasteiger partial charge in [-0.2, -0.15) is 13.2 Å². The average molecular weight is 365 g/mol. The van der Waals surface area contributed by atoms with Gasteiger partial charge in [-0.1, -0.05) is 18.2 Å². The van der Waals surface area contributed by atoms with Crippen LogP contribution in [-0.4, -0.2) is 15.5 Å². The van der Waals surface area contributed by atoms with Crippen LogP contribution in [0.2, 0.25) is 0 Å². The summed E-state index contributed by atoms with van der Waals surface area (Å²) in [7, 11) is 0. The minimum absolute atomic E-state index is 0.199. The van der Waals surface area contributed by atoms with Crippen molar-refractivity contribution in [3.8, 4) is 0 Å². The number of aromatic nitrogens is 2. The monoisotopic (exact) mass is 365 g/mol. The predicted octanol–water partition coefficient (Wildman–Crippen LogP) is 4.07. The molecule has 1 amide bonds. The maximum absolute atomic E-state index is 13.1. The van der Waals surface area contributed by atoms with Gasteiger partial charge in [0.2, 0.25) is 5.91 Å². The highest BCUT2D eigenvalue weighted by molar-refractivity contribution is 5.83. The van der Waals surface area contributed by atoms with Crippen molar-refractivity contribution >= 4 is 16.9 Å². The molecule has 3 aromatic rings. The number of hydrogen-bond acceptors (Lipinski definition) is 2. The summed E-state index contributed by atoms with van der Waals surface area (Å²) in [5.41, 5.74) is 0.159. The number of imidazole rings is 1. The lowest BCUT2D eigenvalue weighted by atomic mass is 10.1. The van der Waals surface area contributed by atoms with Crippen LogP contribution in [-0.2, 0) is 17.5 Å². The van der Waals surface area contributed by atoms with Crippen molar-refractivity contribution < 1.29 is 22.4 Å². The van der Waals surface area contributed by atoms with Crippen LogP contribution in [0.25, 0.3) is 11.0 Å². The number of carbonyl (C=O) groups is 1. The molecule has 8 heteroatoms. The molecular weight excluding hydrogens is 350 g/mol. The highest BCUT2D eigenvalue weighted by Crippen LogP contribution is 2.32. The first kappa shape index (κ1) is 17.9. The van der Waals surface area contributed by atoms with E-state index in [9.17, 15) is 22.4 Å². The number of rotatable bonds is 4. The molecule has 0 fully saturated rings. The number of halogens is 4. The molecule has 1 unspecified atom stereocenters. The number of amides is 1. The number of nitrogens with one attached hydrogen (secondary N) is 1. The summed E-state index contributed by atoms with van der Waals surface area (Å²) >= 11 is 0. The zero-order valence-corrected chi connectivity index (χ0v) is 13.7. The molecule has 0 radical (unpaired) electrons. The van der Waals surface area contributed by atoms with Crippen molar-refractivity contribution in [2.24, 2.45) is 0 Å². The summed E-state index contributed by atoms with van der Waals surface area (Å²) in [6.45, 7) is 1.27. The second-order valence-electron chi connectivity index (χ2n) is 5.83. The minimum atomic E-state index is -4.70. The fraction of sp³-hybridized carbons (Fsp3) is 0.222. The van der Waals surface area contributed by atoms with Gasteiger partial charge in [-0.25, -0.2) is 9.37 Å². The van der Waals surface area contributed by atoms with Crippen LogP contribution in [0, 0.1) is 5.82 Å². The van der Waals surface area contributed by atoms with Crippen LogP contribution in [0.5, 0.6) is 0 Å². The Morgan fingerprint density at radius 1 is 1.23 bits per heavy atom. The third-order valence-electron chi connectivity index (χ3n) is 4.11. The first-order valence-corrected chi connectivity index (χ1v) is 7.82. The summed E-state index contributed by atoms with van der Waals surface area (Å²) < 4.78 is 53.8. The van der Waals surface area contributed by atoms with Crippen LogP contribution in [0.15, 0.2) is 48.8 Å². The number of alkyl halides is 3. The molecule has 1 heterocycles. The lowest BCUT2D eigenvalue weighted by molar-refractivity contribution is -0.138. The molecule has 136 valence electrons. The molecule has 0 saturated heterocycles.